The first kappa shape index (κ1) is 18.4. The molecule has 3 aromatic rings. The minimum absolute atomic E-state index is 0.114. The number of benzene rings is 2. The number of H-pyrrole nitrogens is 1. The summed E-state index contributed by atoms with van der Waals surface area (Å²) in [5, 5.41) is 3.29. The Hall–Kier alpha value is -2.99. The monoisotopic (exact) mass is 379 g/mol. The lowest BCUT2D eigenvalue weighted by Gasteiger charge is -2.28. The van der Waals surface area contributed by atoms with Gasteiger partial charge in [-0.05, 0) is 43.2 Å². The number of nitrogens with one attached hydrogen (secondary N) is 2. The Morgan fingerprint density at radius 2 is 2.00 bits per heavy atom. The fourth-order valence-corrected chi connectivity index (χ4v) is 3.81. The van der Waals surface area contributed by atoms with Crippen LogP contribution in [0.4, 0.5) is 10.1 Å². The van der Waals surface area contributed by atoms with E-state index in [9.17, 15) is 14.0 Å². The SMILES string of the molecule is Cc1ccccc1NC(=O)CN1CCc2[nH]c3c(C)cc(F)cc3c(=O)c2C1. The van der Waals surface area contributed by atoms with Crippen molar-refractivity contribution in [3.05, 3.63) is 74.8 Å². The van der Waals surface area contributed by atoms with Crippen molar-refractivity contribution in [2.45, 2.75) is 26.8 Å². The van der Waals surface area contributed by atoms with Crippen molar-refractivity contribution < 1.29 is 9.18 Å². The number of halogens is 1. The molecule has 0 fully saturated rings. The molecule has 1 aromatic heterocycles. The summed E-state index contributed by atoms with van der Waals surface area (Å²) in [6.07, 6.45) is 0.648. The van der Waals surface area contributed by atoms with Crippen LogP contribution in [0.15, 0.2) is 41.2 Å². The summed E-state index contributed by atoms with van der Waals surface area (Å²) in [6.45, 7) is 4.98. The zero-order valence-corrected chi connectivity index (χ0v) is 15.9. The summed E-state index contributed by atoms with van der Waals surface area (Å²) in [4.78, 5) is 30.6. The molecule has 0 saturated carbocycles. The largest absolute Gasteiger partial charge is 0.358 e. The molecule has 0 radical (unpaired) electrons. The van der Waals surface area contributed by atoms with E-state index in [-0.39, 0.29) is 17.9 Å². The van der Waals surface area contributed by atoms with E-state index in [0.29, 0.717) is 36.0 Å². The van der Waals surface area contributed by atoms with Crippen molar-refractivity contribution in [1.82, 2.24) is 9.88 Å². The first-order valence-corrected chi connectivity index (χ1v) is 9.34. The Morgan fingerprint density at radius 1 is 1.21 bits per heavy atom. The second kappa shape index (κ2) is 7.20. The number of carbonyl (C=O) groups is 1. The molecule has 2 aromatic carbocycles. The van der Waals surface area contributed by atoms with Gasteiger partial charge >= 0.3 is 0 Å². The van der Waals surface area contributed by atoms with Crippen LogP contribution in [0.1, 0.15) is 22.4 Å². The van der Waals surface area contributed by atoms with Gasteiger partial charge in [-0.15, -0.1) is 0 Å². The van der Waals surface area contributed by atoms with Gasteiger partial charge in [0.05, 0.1) is 12.1 Å². The highest BCUT2D eigenvalue weighted by molar-refractivity contribution is 5.93. The predicted octanol–water partition coefficient (Wildman–Crippen LogP) is 3.28. The minimum Gasteiger partial charge on any atom is -0.358 e. The zero-order valence-electron chi connectivity index (χ0n) is 15.9. The number of rotatable bonds is 3. The van der Waals surface area contributed by atoms with Crippen molar-refractivity contribution in [1.29, 1.82) is 0 Å². The molecule has 2 N–H and O–H groups in total. The summed E-state index contributed by atoms with van der Waals surface area (Å²) in [6, 6.07) is 10.3. The third-order valence-corrected chi connectivity index (χ3v) is 5.31. The third kappa shape index (κ3) is 3.43. The Bertz CT molecular complexity index is 1140. The van der Waals surface area contributed by atoms with Gasteiger partial charge in [0, 0.05) is 41.8 Å². The van der Waals surface area contributed by atoms with Crippen molar-refractivity contribution in [3.63, 3.8) is 0 Å². The lowest BCUT2D eigenvalue weighted by molar-refractivity contribution is -0.117. The van der Waals surface area contributed by atoms with Gasteiger partial charge in [-0.25, -0.2) is 4.39 Å². The number of nitrogens with zero attached hydrogens (tertiary/aromatic N) is 1. The molecule has 1 aliphatic heterocycles. The zero-order chi connectivity index (χ0) is 19.8. The maximum Gasteiger partial charge on any atom is 0.238 e. The fraction of sp³-hybridized carbons (Fsp3) is 0.273. The molecular formula is C22H22FN3O2. The van der Waals surface area contributed by atoms with E-state index in [1.807, 2.05) is 36.1 Å². The van der Waals surface area contributed by atoms with Crippen LogP contribution in [0.5, 0.6) is 0 Å². The number of aromatic amines is 1. The number of aromatic nitrogens is 1. The van der Waals surface area contributed by atoms with Gasteiger partial charge < -0.3 is 10.3 Å². The number of aryl methyl sites for hydroxylation is 2. The molecule has 0 saturated heterocycles. The molecule has 28 heavy (non-hydrogen) atoms. The molecule has 0 atom stereocenters. The maximum atomic E-state index is 13.8. The smallest absolute Gasteiger partial charge is 0.238 e. The minimum atomic E-state index is -0.416. The van der Waals surface area contributed by atoms with Gasteiger partial charge in [0.15, 0.2) is 5.43 Å². The van der Waals surface area contributed by atoms with Gasteiger partial charge in [0.2, 0.25) is 5.91 Å². The molecule has 0 unspecified atom stereocenters. The predicted molar refractivity (Wildman–Crippen MR) is 108 cm³/mol. The molecule has 144 valence electrons. The molecule has 0 spiro atoms. The Balaban J connectivity index is 1.56. The molecule has 5 nitrogen and oxygen atoms in total. The Morgan fingerprint density at radius 3 is 2.79 bits per heavy atom. The number of fused-ring (bicyclic) bond motifs is 2. The molecule has 1 aliphatic rings. The van der Waals surface area contributed by atoms with Gasteiger partial charge in [-0.3, -0.25) is 14.5 Å². The van der Waals surface area contributed by atoms with E-state index in [2.05, 4.69) is 10.3 Å². The molecule has 1 amide bonds. The van der Waals surface area contributed by atoms with Crippen molar-refractivity contribution in [2.24, 2.45) is 0 Å². The molecule has 4 rings (SSSR count). The number of para-hydroxylation sites is 1. The number of pyridine rings is 1. The van der Waals surface area contributed by atoms with E-state index < -0.39 is 5.82 Å². The number of amides is 1. The first-order chi connectivity index (χ1) is 13.4. The highest BCUT2D eigenvalue weighted by atomic mass is 19.1. The normalized spacial score (nSPS) is 14.1. The molecule has 0 aliphatic carbocycles. The van der Waals surface area contributed by atoms with Crippen molar-refractivity contribution >= 4 is 22.5 Å². The van der Waals surface area contributed by atoms with Crippen molar-refractivity contribution in [3.8, 4) is 0 Å². The van der Waals surface area contributed by atoms with Gasteiger partial charge in [-0.2, -0.15) is 0 Å². The summed E-state index contributed by atoms with van der Waals surface area (Å²) >= 11 is 0. The van der Waals surface area contributed by atoms with Crippen LogP contribution >= 0.6 is 0 Å². The highest BCUT2D eigenvalue weighted by Gasteiger charge is 2.23. The van der Waals surface area contributed by atoms with E-state index in [4.69, 9.17) is 0 Å². The standard InChI is InChI=1S/C22H22FN3O2/c1-13-5-3-4-6-18(13)24-20(27)12-26-8-7-19-17(11-26)22(28)16-10-15(23)9-14(2)21(16)25-19/h3-6,9-10H,7-8,11-12H2,1-2H3,(H,24,27)(H,25,28). The maximum absolute atomic E-state index is 13.8. The van der Waals surface area contributed by atoms with Crippen LogP contribution in [0.3, 0.4) is 0 Å². The highest BCUT2D eigenvalue weighted by Crippen LogP contribution is 2.21. The number of anilines is 1. The second-order valence-corrected chi connectivity index (χ2v) is 7.38. The van der Waals surface area contributed by atoms with Gasteiger partial charge in [-0.1, -0.05) is 18.2 Å². The van der Waals surface area contributed by atoms with E-state index >= 15 is 0 Å². The average molecular weight is 379 g/mol. The van der Waals surface area contributed by atoms with Crippen molar-refractivity contribution in [2.75, 3.05) is 18.4 Å². The molecule has 0 bridgehead atoms. The van der Waals surface area contributed by atoms with Crippen LogP contribution in [0.2, 0.25) is 0 Å². The quantitative estimate of drug-likeness (QED) is 0.734. The lowest BCUT2D eigenvalue weighted by Crippen LogP contribution is -2.39. The summed E-state index contributed by atoms with van der Waals surface area (Å²) in [5.41, 5.74) is 4.54. The summed E-state index contributed by atoms with van der Waals surface area (Å²) < 4.78 is 13.8. The number of hydrogen-bond acceptors (Lipinski definition) is 3. The van der Waals surface area contributed by atoms with Crippen LogP contribution in [0, 0.1) is 19.7 Å². The average Bonchev–Trinajstić information content (AvgIpc) is 2.65. The molecule has 6 heteroatoms. The van der Waals surface area contributed by atoms with Crippen LogP contribution in [-0.2, 0) is 17.8 Å². The van der Waals surface area contributed by atoms with Crippen LogP contribution in [-0.4, -0.2) is 28.9 Å². The molecule has 2 heterocycles. The summed E-state index contributed by atoms with van der Waals surface area (Å²) in [5.74, 6) is -0.530. The van der Waals surface area contributed by atoms with E-state index in [1.54, 1.807) is 6.92 Å². The van der Waals surface area contributed by atoms with Gasteiger partial charge in [0.25, 0.3) is 0 Å². The first-order valence-electron chi connectivity index (χ1n) is 9.34. The number of hydrogen-bond donors (Lipinski definition) is 2. The summed E-state index contributed by atoms with van der Waals surface area (Å²) in [7, 11) is 0. The molecular weight excluding hydrogens is 357 g/mol. The Kier molecular flexibility index (Phi) is 4.73. The van der Waals surface area contributed by atoms with E-state index in [0.717, 1.165) is 22.5 Å². The number of carbonyl (C=O) groups excluding carboxylic acids is 1. The topological polar surface area (TPSA) is 65.2 Å². The van der Waals surface area contributed by atoms with Gasteiger partial charge in [0.1, 0.15) is 5.82 Å². The van der Waals surface area contributed by atoms with E-state index in [1.165, 1.54) is 12.1 Å². The lowest BCUT2D eigenvalue weighted by atomic mass is 10.0. The second-order valence-electron chi connectivity index (χ2n) is 7.38. The Labute approximate surface area is 162 Å². The van der Waals surface area contributed by atoms with Crippen LogP contribution < -0.4 is 10.7 Å². The third-order valence-electron chi connectivity index (χ3n) is 5.31. The fourth-order valence-electron chi connectivity index (χ4n) is 3.81. The van der Waals surface area contributed by atoms with Crippen LogP contribution in [0.25, 0.3) is 10.9 Å².